The van der Waals surface area contributed by atoms with Crippen LogP contribution in [0.15, 0.2) is 12.3 Å². The molecule has 3 unspecified atom stereocenters. The third kappa shape index (κ3) is 2.77. The Morgan fingerprint density at radius 2 is 2.33 bits per heavy atom. The molecule has 3 N–H and O–H groups in total. The molecule has 1 saturated carbocycles. The quantitative estimate of drug-likeness (QED) is 0.817. The van der Waals surface area contributed by atoms with Crippen molar-refractivity contribution in [3.8, 4) is 0 Å². The summed E-state index contributed by atoms with van der Waals surface area (Å²) in [6.07, 6.45) is 5.40. The van der Waals surface area contributed by atoms with Crippen LogP contribution < -0.4 is 11.1 Å². The van der Waals surface area contributed by atoms with Gasteiger partial charge in [-0.3, -0.25) is 0 Å². The minimum atomic E-state index is 0.311. The maximum Gasteiger partial charge on any atom is 0.223 e. The first-order chi connectivity index (χ1) is 8.61. The number of nitrogens with zero attached hydrogens (tertiary/aromatic N) is 2. The zero-order valence-electron chi connectivity index (χ0n) is 10.9. The molecule has 1 heterocycles. The molecule has 0 saturated heterocycles. The van der Waals surface area contributed by atoms with Crippen LogP contribution >= 0.6 is 12.2 Å². The van der Waals surface area contributed by atoms with Crippen LogP contribution in [0.3, 0.4) is 0 Å². The Hall–Kier alpha value is -1.23. The van der Waals surface area contributed by atoms with Crippen LogP contribution in [0.1, 0.15) is 38.8 Å². The van der Waals surface area contributed by atoms with Gasteiger partial charge in [0.2, 0.25) is 5.95 Å². The molecule has 0 aliphatic heterocycles. The summed E-state index contributed by atoms with van der Waals surface area (Å²) in [6.45, 7) is 4.56. The lowest BCUT2D eigenvalue weighted by Gasteiger charge is -2.21. The van der Waals surface area contributed by atoms with Gasteiger partial charge in [-0.25, -0.2) is 9.97 Å². The molecule has 5 heteroatoms. The van der Waals surface area contributed by atoms with Gasteiger partial charge < -0.3 is 11.1 Å². The Labute approximate surface area is 113 Å². The van der Waals surface area contributed by atoms with Crippen LogP contribution in [0.5, 0.6) is 0 Å². The topological polar surface area (TPSA) is 63.8 Å². The third-order valence-electron chi connectivity index (χ3n) is 3.97. The molecule has 0 aromatic carbocycles. The Morgan fingerprint density at radius 3 is 2.94 bits per heavy atom. The molecule has 0 bridgehead atoms. The second kappa shape index (κ2) is 5.61. The van der Waals surface area contributed by atoms with E-state index < -0.39 is 0 Å². The molecule has 1 aliphatic carbocycles. The molecular weight excluding hydrogens is 244 g/mol. The van der Waals surface area contributed by atoms with Crippen molar-refractivity contribution in [3.05, 3.63) is 18.0 Å². The van der Waals surface area contributed by atoms with Gasteiger partial charge in [0, 0.05) is 12.2 Å². The molecule has 1 fully saturated rings. The summed E-state index contributed by atoms with van der Waals surface area (Å²) >= 11 is 4.92. The largest absolute Gasteiger partial charge is 0.388 e. The van der Waals surface area contributed by atoms with E-state index in [1.807, 2.05) is 0 Å². The number of hydrogen-bond donors (Lipinski definition) is 2. The van der Waals surface area contributed by atoms with Crippen molar-refractivity contribution in [1.29, 1.82) is 0 Å². The van der Waals surface area contributed by atoms with E-state index >= 15 is 0 Å². The van der Waals surface area contributed by atoms with E-state index in [1.54, 1.807) is 12.3 Å². The second-order valence-electron chi connectivity index (χ2n) is 4.99. The number of hydrogen-bond acceptors (Lipinski definition) is 4. The Balaban J connectivity index is 2.06. The average Bonchev–Trinajstić information content (AvgIpc) is 2.71. The van der Waals surface area contributed by atoms with Crippen molar-refractivity contribution in [2.45, 2.75) is 39.2 Å². The highest BCUT2D eigenvalue weighted by Gasteiger charge is 2.31. The Bertz CT molecular complexity index is 435. The smallest absolute Gasteiger partial charge is 0.223 e. The van der Waals surface area contributed by atoms with Crippen molar-refractivity contribution in [2.24, 2.45) is 17.6 Å². The van der Waals surface area contributed by atoms with Crippen LogP contribution in [0.4, 0.5) is 5.95 Å². The molecule has 1 aliphatic rings. The zero-order chi connectivity index (χ0) is 13.1. The highest BCUT2D eigenvalue weighted by Crippen LogP contribution is 2.35. The Morgan fingerprint density at radius 1 is 1.56 bits per heavy atom. The maximum absolute atomic E-state index is 5.58. The molecule has 0 radical (unpaired) electrons. The molecule has 98 valence electrons. The van der Waals surface area contributed by atoms with Crippen LogP contribution in [-0.4, -0.2) is 21.0 Å². The highest BCUT2D eigenvalue weighted by molar-refractivity contribution is 7.80. The van der Waals surface area contributed by atoms with E-state index in [0.717, 1.165) is 5.92 Å². The minimum absolute atomic E-state index is 0.311. The molecule has 18 heavy (non-hydrogen) atoms. The average molecular weight is 264 g/mol. The summed E-state index contributed by atoms with van der Waals surface area (Å²) in [6, 6.07) is 2.19. The lowest BCUT2D eigenvalue weighted by molar-refractivity contribution is 0.391. The van der Waals surface area contributed by atoms with Gasteiger partial charge in [0.15, 0.2) is 0 Å². The second-order valence-corrected chi connectivity index (χ2v) is 5.43. The van der Waals surface area contributed by atoms with E-state index in [9.17, 15) is 0 Å². The molecule has 4 nitrogen and oxygen atoms in total. The summed E-state index contributed by atoms with van der Waals surface area (Å²) in [5.41, 5.74) is 6.20. The monoisotopic (exact) mass is 264 g/mol. The predicted octanol–water partition coefficient (Wildman–Crippen LogP) is 2.35. The van der Waals surface area contributed by atoms with Gasteiger partial charge in [-0.2, -0.15) is 0 Å². The van der Waals surface area contributed by atoms with Gasteiger partial charge in [-0.15, -0.1) is 0 Å². The summed E-state index contributed by atoms with van der Waals surface area (Å²) in [4.78, 5) is 8.88. The number of nitrogens with two attached hydrogens (primary N) is 1. The summed E-state index contributed by atoms with van der Waals surface area (Å²) in [5, 5.41) is 3.41. The standard InChI is InChI=1S/C13H20N4S/c1-3-9-4-5-10(8(9)2)16-13-15-7-6-11(17-13)12(14)18/h6-10H,3-5H2,1-2H3,(H2,14,18)(H,15,16,17). The molecule has 2 rings (SSSR count). The fourth-order valence-electron chi connectivity index (χ4n) is 2.76. The maximum atomic E-state index is 5.58. The lowest BCUT2D eigenvalue weighted by Crippen LogP contribution is -2.26. The zero-order valence-corrected chi connectivity index (χ0v) is 11.7. The Kier molecular flexibility index (Phi) is 4.11. The van der Waals surface area contributed by atoms with Crippen molar-refractivity contribution in [1.82, 2.24) is 9.97 Å². The van der Waals surface area contributed by atoms with Crippen LogP contribution in [0, 0.1) is 11.8 Å². The van der Waals surface area contributed by atoms with Gasteiger partial charge in [0.1, 0.15) is 10.7 Å². The predicted molar refractivity (Wildman–Crippen MR) is 77.5 cm³/mol. The van der Waals surface area contributed by atoms with Crippen LogP contribution in [0.2, 0.25) is 0 Å². The number of rotatable bonds is 4. The van der Waals surface area contributed by atoms with Crippen molar-refractivity contribution in [2.75, 3.05) is 5.32 Å². The first kappa shape index (κ1) is 13.2. The van der Waals surface area contributed by atoms with E-state index in [-0.39, 0.29) is 0 Å². The van der Waals surface area contributed by atoms with E-state index in [2.05, 4.69) is 29.1 Å². The van der Waals surface area contributed by atoms with Crippen LogP contribution in [0.25, 0.3) is 0 Å². The van der Waals surface area contributed by atoms with Crippen molar-refractivity contribution >= 4 is 23.2 Å². The van der Waals surface area contributed by atoms with Gasteiger partial charge in [0.05, 0.1) is 0 Å². The van der Waals surface area contributed by atoms with Crippen molar-refractivity contribution < 1.29 is 0 Å². The number of thiocarbonyl (C=S) groups is 1. The van der Waals surface area contributed by atoms with Gasteiger partial charge >= 0.3 is 0 Å². The molecule has 0 spiro atoms. The van der Waals surface area contributed by atoms with Crippen molar-refractivity contribution in [3.63, 3.8) is 0 Å². The van der Waals surface area contributed by atoms with Gasteiger partial charge in [0.25, 0.3) is 0 Å². The third-order valence-corrected chi connectivity index (χ3v) is 4.18. The van der Waals surface area contributed by atoms with E-state index in [4.69, 9.17) is 18.0 Å². The fraction of sp³-hybridized carbons (Fsp3) is 0.615. The molecule has 0 amide bonds. The molecule has 3 atom stereocenters. The normalized spacial score (nSPS) is 27.1. The van der Waals surface area contributed by atoms with Crippen LogP contribution in [-0.2, 0) is 0 Å². The van der Waals surface area contributed by atoms with Gasteiger partial charge in [-0.05, 0) is 30.7 Å². The summed E-state index contributed by atoms with van der Waals surface area (Å²) in [7, 11) is 0. The fourth-order valence-corrected chi connectivity index (χ4v) is 2.87. The van der Waals surface area contributed by atoms with Gasteiger partial charge in [-0.1, -0.05) is 32.5 Å². The first-order valence-corrected chi connectivity index (χ1v) is 6.92. The summed E-state index contributed by atoms with van der Waals surface area (Å²) in [5.74, 6) is 2.10. The minimum Gasteiger partial charge on any atom is -0.388 e. The number of aromatic nitrogens is 2. The number of anilines is 1. The SMILES string of the molecule is CCC1CCC(Nc2nccc(C(N)=S)n2)C1C. The first-order valence-electron chi connectivity index (χ1n) is 6.51. The van der Waals surface area contributed by atoms with E-state index in [1.165, 1.54) is 19.3 Å². The number of nitrogens with one attached hydrogen (secondary N) is 1. The van der Waals surface area contributed by atoms with E-state index in [0.29, 0.717) is 28.6 Å². The lowest BCUT2D eigenvalue weighted by atomic mass is 9.94. The summed E-state index contributed by atoms with van der Waals surface area (Å²) < 4.78 is 0. The highest BCUT2D eigenvalue weighted by atomic mass is 32.1. The molecule has 1 aromatic heterocycles. The molecular formula is C13H20N4S. The molecule has 1 aromatic rings.